The number of nitrogens with one attached hydrogen (secondary N) is 3. The third-order valence-electron chi connectivity index (χ3n) is 3.45. The standard InChI is InChI=1S/C17H22N4O2/c1-11-5-6-14(20-10-11)18-7-4-8-19-16(22)15-12(2)9-13(3)21-17(15)23/h5-6,9-10H,4,7-8H2,1-3H3,(H,18,20)(H,19,22)(H,21,23). The van der Waals surface area contributed by atoms with Gasteiger partial charge in [-0.1, -0.05) is 6.07 Å². The lowest BCUT2D eigenvalue weighted by Crippen LogP contribution is -2.32. The lowest BCUT2D eigenvalue weighted by Gasteiger charge is -2.09. The van der Waals surface area contributed by atoms with Gasteiger partial charge in [-0.3, -0.25) is 9.59 Å². The van der Waals surface area contributed by atoms with Crippen molar-refractivity contribution in [3.8, 4) is 0 Å². The molecule has 2 aromatic heterocycles. The Labute approximate surface area is 135 Å². The molecule has 122 valence electrons. The van der Waals surface area contributed by atoms with Crippen LogP contribution >= 0.6 is 0 Å². The second kappa shape index (κ2) is 7.58. The molecule has 6 nitrogen and oxygen atoms in total. The molecule has 0 saturated carbocycles. The molecule has 3 N–H and O–H groups in total. The Morgan fingerprint density at radius 3 is 2.65 bits per heavy atom. The zero-order valence-corrected chi connectivity index (χ0v) is 13.7. The molecule has 0 spiro atoms. The second-order valence-electron chi connectivity index (χ2n) is 5.60. The van der Waals surface area contributed by atoms with Crippen LogP contribution in [0.25, 0.3) is 0 Å². The minimum absolute atomic E-state index is 0.184. The highest BCUT2D eigenvalue weighted by atomic mass is 16.2. The van der Waals surface area contributed by atoms with Crippen LogP contribution in [0.3, 0.4) is 0 Å². The Balaban J connectivity index is 1.79. The van der Waals surface area contributed by atoms with E-state index in [1.165, 1.54) is 0 Å². The molecular formula is C17H22N4O2. The number of carbonyl (C=O) groups excluding carboxylic acids is 1. The van der Waals surface area contributed by atoms with E-state index < -0.39 is 0 Å². The maximum Gasteiger partial charge on any atom is 0.261 e. The zero-order valence-electron chi connectivity index (χ0n) is 13.7. The van der Waals surface area contributed by atoms with E-state index in [1.54, 1.807) is 26.1 Å². The second-order valence-corrected chi connectivity index (χ2v) is 5.60. The van der Waals surface area contributed by atoms with Crippen LogP contribution in [0.2, 0.25) is 0 Å². The fraction of sp³-hybridized carbons (Fsp3) is 0.353. The van der Waals surface area contributed by atoms with Gasteiger partial charge in [-0.25, -0.2) is 4.98 Å². The van der Waals surface area contributed by atoms with Crippen molar-refractivity contribution in [1.29, 1.82) is 0 Å². The van der Waals surface area contributed by atoms with Crippen molar-refractivity contribution < 1.29 is 4.79 Å². The SMILES string of the molecule is Cc1ccc(NCCCNC(=O)c2c(C)cc(C)[nH]c2=O)nc1. The number of aromatic amines is 1. The summed E-state index contributed by atoms with van der Waals surface area (Å²) in [5, 5.41) is 5.96. The third-order valence-corrected chi connectivity index (χ3v) is 3.45. The number of nitrogens with zero attached hydrogens (tertiary/aromatic N) is 1. The highest BCUT2D eigenvalue weighted by Crippen LogP contribution is 2.04. The normalized spacial score (nSPS) is 10.4. The molecule has 6 heteroatoms. The summed E-state index contributed by atoms with van der Waals surface area (Å²) in [6, 6.07) is 5.70. The summed E-state index contributed by atoms with van der Waals surface area (Å²) in [7, 11) is 0. The van der Waals surface area contributed by atoms with Crippen molar-refractivity contribution in [2.24, 2.45) is 0 Å². The molecular weight excluding hydrogens is 292 g/mol. The van der Waals surface area contributed by atoms with E-state index >= 15 is 0 Å². The summed E-state index contributed by atoms with van der Waals surface area (Å²) in [6.07, 6.45) is 2.54. The van der Waals surface area contributed by atoms with Crippen molar-refractivity contribution in [2.45, 2.75) is 27.2 Å². The number of amides is 1. The molecule has 2 aromatic rings. The quantitative estimate of drug-likeness (QED) is 0.711. The van der Waals surface area contributed by atoms with Gasteiger partial charge in [0, 0.05) is 25.0 Å². The van der Waals surface area contributed by atoms with E-state index in [2.05, 4.69) is 20.6 Å². The molecule has 2 rings (SSSR count). The molecule has 0 aromatic carbocycles. The van der Waals surface area contributed by atoms with Gasteiger partial charge in [-0.05, 0) is 50.5 Å². The Morgan fingerprint density at radius 1 is 1.22 bits per heavy atom. The predicted molar refractivity (Wildman–Crippen MR) is 91.0 cm³/mol. The predicted octanol–water partition coefficient (Wildman–Crippen LogP) is 1.93. The Bertz CT molecular complexity index is 735. The molecule has 0 fully saturated rings. The minimum atomic E-state index is -0.345. The first-order valence-corrected chi connectivity index (χ1v) is 7.62. The average Bonchev–Trinajstić information content (AvgIpc) is 2.47. The van der Waals surface area contributed by atoms with Gasteiger partial charge in [0.2, 0.25) is 0 Å². The van der Waals surface area contributed by atoms with Crippen LogP contribution in [-0.2, 0) is 0 Å². The number of rotatable bonds is 6. The van der Waals surface area contributed by atoms with Gasteiger partial charge < -0.3 is 15.6 Å². The number of hydrogen-bond donors (Lipinski definition) is 3. The van der Waals surface area contributed by atoms with E-state index in [4.69, 9.17) is 0 Å². The Kier molecular flexibility index (Phi) is 5.51. The topological polar surface area (TPSA) is 86.9 Å². The molecule has 0 unspecified atom stereocenters. The molecule has 2 heterocycles. The van der Waals surface area contributed by atoms with Crippen LogP contribution in [0.4, 0.5) is 5.82 Å². The maximum atomic E-state index is 12.1. The first-order chi connectivity index (χ1) is 11.0. The summed E-state index contributed by atoms with van der Waals surface area (Å²) < 4.78 is 0. The summed E-state index contributed by atoms with van der Waals surface area (Å²) in [4.78, 5) is 30.9. The van der Waals surface area contributed by atoms with E-state index in [0.717, 1.165) is 23.5 Å². The van der Waals surface area contributed by atoms with Crippen LogP contribution in [0.1, 0.15) is 33.6 Å². The van der Waals surface area contributed by atoms with Crippen molar-refractivity contribution in [2.75, 3.05) is 18.4 Å². The van der Waals surface area contributed by atoms with Gasteiger partial charge in [0.05, 0.1) is 0 Å². The first-order valence-electron chi connectivity index (χ1n) is 7.62. The van der Waals surface area contributed by atoms with E-state index in [1.807, 2.05) is 19.1 Å². The molecule has 0 radical (unpaired) electrons. The van der Waals surface area contributed by atoms with Crippen molar-refractivity contribution in [1.82, 2.24) is 15.3 Å². The van der Waals surface area contributed by atoms with Gasteiger partial charge in [-0.15, -0.1) is 0 Å². The number of aromatic nitrogens is 2. The summed E-state index contributed by atoms with van der Waals surface area (Å²) >= 11 is 0. The van der Waals surface area contributed by atoms with Crippen LogP contribution in [-0.4, -0.2) is 29.0 Å². The Hall–Kier alpha value is -2.63. The van der Waals surface area contributed by atoms with Crippen molar-refractivity contribution in [3.05, 3.63) is 57.1 Å². The molecule has 0 saturated heterocycles. The maximum absolute atomic E-state index is 12.1. The molecule has 0 atom stereocenters. The number of carbonyl (C=O) groups is 1. The van der Waals surface area contributed by atoms with Crippen molar-refractivity contribution >= 4 is 11.7 Å². The lowest BCUT2D eigenvalue weighted by atomic mass is 10.1. The molecule has 0 aliphatic carbocycles. The minimum Gasteiger partial charge on any atom is -0.370 e. The number of hydrogen-bond acceptors (Lipinski definition) is 4. The fourth-order valence-electron chi connectivity index (χ4n) is 2.30. The highest BCUT2D eigenvalue weighted by molar-refractivity contribution is 5.95. The molecule has 23 heavy (non-hydrogen) atoms. The number of pyridine rings is 2. The average molecular weight is 314 g/mol. The van der Waals surface area contributed by atoms with Crippen LogP contribution in [0, 0.1) is 20.8 Å². The molecule has 0 aliphatic heterocycles. The van der Waals surface area contributed by atoms with Crippen LogP contribution in [0.15, 0.2) is 29.2 Å². The molecule has 0 bridgehead atoms. The zero-order chi connectivity index (χ0) is 16.8. The number of anilines is 1. The number of aryl methyl sites for hydroxylation is 3. The molecule has 0 aliphatic rings. The third kappa shape index (κ3) is 4.67. The van der Waals surface area contributed by atoms with Gasteiger partial charge >= 0.3 is 0 Å². The van der Waals surface area contributed by atoms with Gasteiger partial charge in [0.1, 0.15) is 11.4 Å². The molecule has 1 amide bonds. The summed E-state index contributed by atoms with van der Waals surface area (Å²) in [5.41, 5.74) is 2.39. The lowest BCUT2D eigenvalue weighted by molar-refractivity contribution is 0.0951. The smallest absolute Gasteiger partial charge is 0.261 e. The van der Waals surface area contributed by atoms with Gasteiger partial charge in [0.25, 0.3) is 11.5 Å². The fourth-order valence-corrected chi connectivity index (χ4v) is 2.30. The highest BCUT2D eigenvalue weighted by Gasteiger charge is 2.13. The van der Waals surface area contributed by atoms with Crippen LogP contribution < -0.4 is 16.2 Å². The number of H-pyrrole nitrogens is 1. The summed E-state index contributed by atoms with van der Waals surface area (Å²) in [6.45, 7) is 6.73. The summed E-state index contributed by atoms with van der Waals surface area (Å²) in [5.74, 6) is 0.477. The largest absolute Gasteiger partial charge is 0.370 e. The Morgan fingerprint density at radius 2 is 2.00 bits per heavy atom. The van der Waals surface area contributed by atoms with Gasteiger partial charge in [0.15, 0.2) is 0 Å². The van der Waals surface area contributed by atoms with E-state index in [0.29, 0.717) is 18.7 Å². The van der Waals surface area contributed by atoms with E-state index in [-0.39, 0.29) is 17.0 Å². The monoisotopic (exact) mass is 314 g/mol. The van der Waals surface area contributed by atoms with Crippen molar-refractivity contribution in [3.63, 3.8) is 0 Å². The van der Waals surface area contributed by atoms with E-state index in [9.17, 15) is 9.59 Å². The van der Waals surface area contributed by atoms with Gasteiger partial charge in [-0.2, -0.15) is 0 Å². The van der Waals surface area contributed by atoms with Crippen LogP contribution in [0.5, 0.6) is 0 Å². The first kappa shape index (κ1) is 16.7.